The Morgan fingerprint density at radius 1 is 1.06 bits per heavy atom. The first-order chi connectivity index (χ1) is 15.1. The van der Waals surface area contributed by atoms with Gasteiger partial charge in [-0.1, -0.05) is 48.5 Å². The van der Waals surface area contributed by atoms with Gasteiger partial charge in [0.2, 0.25) is 0 Å². The zero-order chi connectivity index (χ0) is 21.8. The fraction of sp³-hybridized carbons (Fsp3) is 0.208. The maximum absolute atomic E-state index is 12.2. The van der Waals surface area contributed by atoms with Crippen LogP contribution in [0.2, 0.25) is 0 Å². The highest BCUT2D eigenvalue weighted by atomic mass is 16.5. The van der Waals surface area contributed by atoms with E-state index in [9.17, 15) is 19.8 Å². The van der Waals surface area contributed by atoms with E-state index in [0.717, 1.165) is 22.3 Å². The van der Waals surface area contributed by atoms with Gasteiger partial charge in [-0.05, 0) is 28.3 Å². The maximum Gasteiger partial charge on any atom is 0.407 e. The van der Waals surface area contributed by atoms with Crippen LogP contribution in [0.1, 0.15) is 39.1 Å². The molecule has 7 nitrogen and oxygen atoms in total. The molecular weight excluding hydrogens is 396 g/mol. The Morgan fingerprint density at radius 3 is 2.35 bits per heavy atom. The number of aromatic nitrogens is 1. The van der Waals surface area contributed by atoms with Crippen molar-refractivity contribution in [3.8, 4) is 11.1 Å². The minimum absolute atomic E-state index is 0.0702. The number of carbonyl (C=O) groups excluding carboxylic acids is 2. The molecule has 7 heteroatoms. The van der Waals surface area contributed by atoms with Crippen LogP contribution in [0.3, 0.4) is 0 Å². The highest BCUT2D eigenvalue weighted by Gasteiger charge is 2.29. The molecule has 1 heterocycles. The van der Waals surface area contributed by atoms with Crippen molar-refractivity contribution in [1.29, 1.82) is 0 Å². The van der Waals surface area contributed by atoms with Crippen molar-refractivity contribution in [2.24, 2.45) is 0 Å². The zero-order valence-electron chi connectivity index (χ0n) is 16.6. The number of nitrogens with zero attached hydrogens (tertiary/aromatic N) is 1. The van der Waals surface area contributed by atoms with Crippen molar-refractivity contribution in [2.45, 2.75) is 18.1 Å². The van der Waals surface area contributed by atoms with E-state index in [1.54, 1.807) is 0 Å². The van der Waals surface area contributed by atoms with E-state index in [1.807, 2.05) is 36.4 Å². The molecule has 0 saturated heterocycles. The third-order valence-electron chi connectivity index (χ3n) is 5.50. The molecule has 1 amide bonds. The van der Waals surface area contributed by atoms with Gasteiger partial charge in [0.1, 0.15) is 18.8 Å². The molecule has 0 aliphatic heterocycles. The molecule has 1 aliphatic rings. The summed E-state index contributed by atoms with van der Waals surface area (Å²) in [5, 5.41) is 23.0. The summed E-state index contributed by atoms with van der Waals surface area (Å²) in [4.78, 5) is 27.2. The lowest BCUT2D eigenvalue weighted by molar-refractivity contribution is 0.0180. The molecule has 2 aromatic carbocycles. The first-order valence-electron chi connectivity index (χ1n) is 9.94. The smallest absolute Gasteiger partial charge is 0.407 e. The van der Waals surface area contributed by atoms with Crippen LogP contribution in [0.5, 0.6) is 0 Å². The lowest BCUT2D eigenvalue weighted by Crippen LogP contribution is -2.36. The molecule has 0 radical (unpaired) electrons. The Bertz CT molecular complexity index is 1060. The quantitative estimate of drug-likeness (QED) is 0.509. The molecule has 2 unspecified atom stereocenters. The number of hydrogen-bond acceptors (Lipinski definition) is 6. The number of alkyl carbamates (subject to hydrolysis) is 1. The number of amides is 1. The van der Waals surface area contributed by atoms with Gasteiger partial charge in [0.15, 0.2) is 6.29 Å². The average molecular weight is 418 g/mol. The predicted molar refractivity (Wildman–Crippen MR) is 114 cm³/mol. The van der Waals surface area contributed by atoms with Crippen molar-refractivity contribution in [1.82, 2.24) is 10.3 Å². The van der Waals surface area contributed by atoms with Crippen LogP contribution in [0.25, 0.3) is 11.1 Å². The van der Waals surface area contributed by atoms with Gasteiger partial charge in [0.05, 0.1) is 0 Å². The number of fused-ring (bicyclic) bond motifs is 3. The van der Waals surface area contributed by atoms with E-state index in [2.05, 4.69) is 22.4 Å². The molecule has 3 aromatic rings. The van der Waals surface area contributed by atoms with E-state index in [4.69, 9.17) is 4.74 Å². The van der Waals surface area contributed by atoms with Crippen LogP contribution in [0, 0.1) is 0 Å². The molecule has 0 fully saturated rings. The molecule has 1 aliphatic carbocycles. The van der Waals surface area contributed by atoms with Gasteiger partial charge in [-0.25, -0.2) is 4.79 Å². The van der Waals surface area contributed by atoms with Crippen molar-refractivity contribution >= 4 is 12.4 Å². The van der Waals surface area contributed by atoms with Crippen molar-refractivity contribution < 1.29 is 24.5 Å². The fourth-order valence-electron chi connectivity index (χ4n) is 3.93. The fourth-order valence-corrected chi connectivity index (χ4v) is 3.93. The lowest BCUT2D eigenvalue weighted by atomic mass is 9.98. The number of aldehydes is 1. The van der Waals surface area contributed by atoms with Crippen LogP contribution >= 0.6 is 0 Å². The van der Waals surface area contributed by atoms with Crippen LogP contribution in [-0.4, -0.2) is 46.8 Å². The third-order valence-corrected chi connectivity index (χ3v) is 5.50. The number of aliphatic hydroxyl groups excluding tert-OH is 2. The van der Waals surface area contributed by atoms with Gasteiger partial charge in [0.25, 0.3) is 0 Å². The van der Waals surface area contributed by atoms with Crippen molar-refractivity contribution in [3.63, 3.8) is 0 Å². The minimum Gasteiger partial charge on any atom is -0.449 e. The Kier molecular flexibility index (Phi) is 6.06. The summed E-state index contributed by atoms with van der Waals surface area (Å²) in [5.74, 6) is -0.0702. The topological polar surface area (TPSA) is 109 Å². The Balaban J connectivity index is 1.35. The Labute approximate surface area is 179 Å². The van der Waals surface area contributed by atoms with Gasteiger partial charge in [-0.15, -0.1) is 0 Å². The highest BCUT2D eigenvalue weighted by molar-refractivity contribution is 5.79. The van der Waals surface area contributed by atoms with E-state index >= 15 is 0 Å². The SMILES string of the molecule is O=Cc1ccncc1C(O)C(O)CNC(=O)OCC1c2ccccc2-c2ccccc21. The number of hydrogen-bond donors (Lipinski definition) is 3. The number of nitrogens with one attached hydrogen (secondary N) is 1. The van der Waals surface area contributed by atoms with E-state index < -0.39 is 18.3 Å². The Hall–Kier alpha value is -3.55. The number of aliphatic hydroxyl groups is 2. The summed E-state index contributed by atoms with van der Waals surface area (Å²) in [6, 6.07) is 17.5. The maximum atomic E-state index is 12.2. The monoisotopic (exact) mass is 418 g/mol. The summed E-state index contributed by atoms with van der Waals surface area (Å²) >= 11 is 0. The number of carbonyl (C=O) groups is 2. The molecule has 4 rings (SSSR count). The van der Waals surface area contributed by atoms with Gasteiger partial charge in [0, 0.05) is 36.0 Å². The van der Waals surface area contributed by atoms with Crippen LogP contribution in [0.15, 0.2) is 67.0 Å². The molecule has 0 saturated carbocycles. The number of pyridine rings is 1. The predicted octanol–water partition coefficient (Wildman–Crippen LogP) is 2.83. The average Bonchev–Trinajstić information content (AvgIpc) is 3.14. The van der Waals surface area contributed by atoms with Gasteiger partial charge >= 0.3 is 6.09 Å². The summed E-state index contributed by atoms with van der Waals surface area (Å²) in [7, 11) is 0. The van der Waals surface area contributed by atoms with Crippen molar-refractivity contribution in [3.05, 3.63) is 89.2 Å². The number of rotatable bonds is 7. The molecule has 1 aromatic heterocycles. The molecule has 2 atom stereocenters. The van der Waals surface area contributed by atoms with Crippen LogP contribution < -0.4 is 5.32 Å². The summed E-state index contributed by atoms with van der Waals surface area (Å²) in [6.45, 7) is -0.0958. The second-order valence-electron chi connectivity index (χ2n) is 7.34. The third kappa shape index (κ3) is 4.19. The normalized spacial score (nSPS) is 14.3. The largest absolute Gasteiger partial charge is 0.449 e. The first kappa shape index (κ1) is 20.7. The second kappa shape index (κ2) is 9.07. The Morgan fingerprint density at radius 2 is 1.71 bits per heavy atom. The lowest BCUT2D eigenvalue weighted by Gasteiger charge is -2.20. The van der Waals surface area contributed by atoms with Gasteiger partial charge in [-0.3, -0.25) is 9.78 Å². The van der Waals surface area contributed by atoms with Crippen LogP contribution in [-0.2, 0) is 4.74 Å². The molecule has 0 spiro atoms. The minimum atomic E-state index is -1.37. The summed E-state index contributed by atoms with van der Waals surface area (Å²) in [6.07, 6.45) is -0.0981. The van der Waals surface area contributed by atoms with E-state index in [1.165, 1.54) is 18.5 Å². The molecule has 158 valence electrons. The first-order valence-corrected chi connectivity index (χ1v) is 9.94. The highest BCUT2D eigenvalue weighted by Crippen LogP contribution is 2.44. The summed E-state index contributed by atoms with van der Waals surface area (Å²) in [5.41, 5.74) is 4.89. The zero-order valence-corrected chi connectivity index (χ0v) is 16.6. The molecule has 3 N–H and O–H groups in total. The van der Waals surface area contributed by atoms with E-state index in [-0.39, 0.29) is 30.2 Å². The molecular formula is C24H22N2O5. The second-order valence-corrected chi connectivity index (χ2v) is 7.34. The number of benzene rings is 2. The van der Waals surface area contributed by atoms with Gasteiger partial charge < -0.3 is 20.3 Å². The number of ether oxygens (including phenoxy) is 1. The van der Waals surface area contributed by atoms with Crippen molar-refractivity contribution in [2.75, 3.05) is 13.2 Å². The molecule has 0 bridgehead atoms. The standard InChI is InChI=1S/C24H22N2O5/c27-13-15-9-10-25-11-20(15)23(29)22(28)12-26-24(30)31-14-21-18-7-3-1-5-16(18)17-6-2-4-8-19(17)21/h1-11,13,21-23,28-29H,12,14H2,(H,26,30). The van der Waals surface area contributed by atoms with Crippen LogP contribution in [0.4, 0.5) is 4.79 Å². The summed E-state index contributed by atoms with van der Waals surface area (Å²) < 4.78 is 5.41. The van der Waals surface area contributed by atoms with Gasteiger partial charge in [-0.2, -0.15) is 0 Å². The molecule has 31 heavy (non-hydrogen) atoms. The van der Waals surface area contributed by atoms with E-state index in [0.29, 0.717) is 6.29 Å².